The van der Waals surface area contributed by atoms with Crippen molar-refractivity contribution in [3.63, 3.8) is 0 Å². The maximum Gasteiger partial charge on any atom is 0.305 e. The fraction of sp³-hybridized carbons (Fsp3) is 0.533. The van der Waals surface area contributed by atoms with E-state index in [0.29, 0.717) is 11.4 Å². The normalized spacial score (nSPS) is 17.6. The van der Waals surface area contributed by atoms with Gasteiger partial charge in [-0.3, -0.25) is 9.10 Å². The highest BCUT2D eigenvalue weighted by Gasteiger charge is 2.31. The largest absolute Gasteiger partial charge is 0.487 e. The van der Waals surface area contributed by atoms with Crippen molar-refractivity contribution in [1.29, 1.82) is 0 Å². The molecule has 1 aromatic rings. The third kappa shape index (κ3) is 3.71. The summed E-state index contributed by atoms with van der Waals surface area (Å²) in [6.45, 7) is 4.01. The minimum atomic E-state index is -3.50. The molecule has 0 bridgehead atoms. The van der Waals surface area contributed by atoms with E-state index in [0.717, 1.165) is 5.56 Å². The summed E-state index contributed by atoms with van der Waals surface area (Å²) in [4.78, 5) is 11.1. The fourth-order valence-corrected chi connectivity index (χ4v) is 3.99. The number of aryl methyl sites for hydroxylation is 1. The van der Waals surface area contributed by atoms with Gasteiger partial charge in [0.05, 0.1) is 25.1 Å². The zero-order valence-electron chi connectivity index (χ0n) is 13.0. The molecule has 0 N–H and O–H groups in total. The Labute approximate surface area is 131 Å². The Morgan fingerprint density at radius 2 is 2.18 bits per heavy atom. The third-order valence-corrected chi connectivity index (χ3v) is 5.30. The van der Waals surface area contributed by atoms with E-state index in [4.69, 9.17) is 4.74 Å². The number of ether oxygens (including phenoxy) is 2. The van der Waals surface area contributed by atoms with E-state index < -0.39 is 16.0 Å². The summed E-state index contributed by atoms with van der Waals surface area (Å²) in [7, 11) is -2.21. The number of rotatable bonds is 5. The van der Waals surface area contributed by atoms with Crippen molar-refractivity contribution >= 4 is 21.7 Å². The van der Waals surface area contributed by atoms with Crippen molar-refractivity contribution in [2.75, 3.05) is 23.7 Å². The predicted molar refractivity (Wildman–Crippen MR) is 83.7 cm³/mol. The molecular weight excluding hydrogens is 306 g/mol. The Balaban J connectivity index is 2.20. The molecule has 1 heterocycles. The number of esters is 1. The minimum absolute atomic E-state index is 0.0935. The summed E-state index contributed by atoms with van der Waals surface area (Å²) in [6, 6.07) is 5.48. The molecule has 0 radical (unpaired) electrons. The second kappa shape index (κ2) is 6.56. The van der Waals surface area contributed by atoms with E-state index in [2.05, 4.69) is 4.74 Å². The van der Waals surface area contributed by atoms with Gasteiger partial charge in [-0.2, -0.15) is 0 Å². The summed E-state index contributed by atoms with van der Waals surface area (Å²) in [5, 5.41) is 0. The van der Waals surface area contributed by atoms with Crippen LogP contribution in [0.3, 0.4) is 0 Å². The molecule has 0 aromatic heterocycles. The van der Waals surface area contributed by atoms with Gasteiger partial charge in [-0.05, 0) is 38.0 Å². The zero-order valence-corrected chi connectivity index (χ0v) is 13.9. The van der Waals surface area contributed by atoms with Gasteiger partial charge in [0.1, 0.15) is 11.9 Å². The van der Waals surface area contributed by atoms with Crippen LogP contribution < -0.4 is 9.04 Å². The molecule has 0 saturated carbocycles. The van der Waals surface area contributed by atoms with Crippen molar-refractivity contribution in [2.45, 2.75) is 32.8 Å². The van der Waals surface area contributed by atoms with Crippen molar-refractivity contribution < 1.29 is 22.7 Å². The average Bonchev–Trinajstić information content (AvgIpc) is 2.46. The first-order chi connectivity index (χ1) is 10.3. The Hall–Kier alpha value is -1.76. The van der Waals surface area contributed by atoms with Gasteiger partial charge in [-0.25, -0.2) is 8.42 Å². The smallest absolute Gasteiger partial charge is 0.305 e. The van der Waals surface area contributed by atoms with Gasteiger partial charge in [0.15, 0.2) is 0 Å². The van der Waals surface area contributed by atoms with Gasteiger partial charge >= 0.3 is 5.97 Å². The number of hydrogen-bond donors (Lipinski definition) is 0. The predicted octanol–water partition coefficient (Wildman–Crippen LogP) is 1.87. The number of fused-ring (bicyclic) bond motifs is 1. The van der Waals surface area contributed by atoms with E-state index in [-0.39, 0.29) is 31.2 Å². The topological polar surface area (TPSA) is 72.9 Å². The molecule has 0 fully saturated rings. The number of hydrogen-bond acceptors (Lipinski definition) is 5. The van der Waals surface area contributed by atoms with Crippen LogP contribution in [0, 0.1) is 6.92 Å². The summed E-state index contributed by atoms with van der Waals surface area (Å²) < 4.78 is 36.8. The lowest BCUT2D eigenvalue weighted by Gasteiger charge is -2.34. The summed E-state index contributed by atoms with van der Waals surface area (Å²) in [6.07, 6.45) is 0.114. The van der Waals surface area contributed by atoms with Crippen LogP contribution in [0.5, 0.6) is 5.75 Å². The first kappa shape index (κ1) is 16.6. The van der Waals surface area contributed by atoms with Crippen LogP contribution >= 0.6 is 0 Å². The molecule has 0 aliphatic carbocycles. The molecule has 1 atom stereocenters. The van der Waals surface area contributed by atoms with Crippen molar-refractivity contribution in [3.8, 4) is 5.75 Å². The van der Waals surface area contributed by atoms with E-state index in [1.54, 1.807) is 12.1 Å². The van der Waals surface area contributed by atoms with Crippen LogP contribution in [0.1, 0.15) is 25.3 Å². The van der Waals surface area contributed by atoms with E-state index >= 15 is 0 Å². The van der Waals surface area contributed by atoms with E-state index in [1.165, 1.54) is 11.4 Å². The number of sulfonamides is 1. The lowest BCUT2D eigenvalue weighted by Crippen LogP contribution is -2.43. The summed E-state index contributed by atoms with van der Waals surface area (Å²) in [5.41, 5.74) is 1.53. The molecule has 7 heteroatoms. The molecule has 1 aromatic carbocycles. The van der Waals surface area contributed by atoms with Gasteiger partial charge in [-0.1, -0.05) is 6.07 Å². The molecule has 0 unspecified atom stereocenters. The number of carbonyl (C=O) groups is 1. The average molecular weight is 327 g/mol. The van der Waals surface area contributed by atoms with Crippen LogP contribution in [0.2, 0.25) is 0 Å². The van der Waals surface area contributed by atoms with Gasteiger partial charge in [-0.15, -0.1) is 0 Å². The summed E-state index contributed by atoms with van der Waals surface area (Å²) >= 11 is 0. The molecule has 2 rings (SSSR count). The van der Waals surface area contributed by atoms with Gasteiger partial charge in [0, 0.05) is 6.42 Å². The highest BCUT2D eigenvalue weighted by Crippen LogP contribution is 2.36. The molecule has 22 heavy (non-hydrogen) atoms. The number of nitrogens with zero attached hydrogens (tertiary/aromatic N) is 1. The number of carbonyl (C=O) groups excluding carboxylic acids is 1. The lowest BCUT2D eigenvalue weighted by molar-refractivity contribution is -0.140. The number of benzene rings is 1. The summed E-state index contributed by atoms with van der Waals surface area (Å²) in [5.74, 6) is 0.0741. The molecule has 0 saturated heterocycles. The van der Waals surface area contributed by atoms with Crippen molar-refractivity contribution in [1.82, 2.24) is 0 Å². The SMILES string of the molecule is COC(=O)CCCS(=O)(=O)N1C[C@@H](C)Oc2ccc(C)cc21. The molecule has 0 spiro atoms. The Morgan fingerprint density at radius 1 is 1.45 bits per heavy atom. The lowest BCUT2D eigenvalue weighted by atomic mass is 10.2. The molecular formula is C15H21NO5S. The molecule has 6 nitrogen and oxygen atoms in total. The molecule has 122 valence electrons. The number of anilines is 1. The van der Waals surface area contributed by atoms with Crippen LogP contribution in [0.25, 0.3) is 0 Å². The molecule has 1 aliphatic heterocycles. The van der Waals surface area contributed by atoms with Gasteiger partial charge in [0.25, 0.3) is 0 Å². The Bertz CT molecular complexity index is 656. The molecule has 1 aliphatic rings. The zero-order chi connectivity index (χ0) is 16.3. The third-order valence-electron chi connectivity index (χ3n) is 3.48. The number of methoxy groups -OCH3 is 1. The second-order valence-electron chi connectivity index (χ2n) is 5.43. The Morgan fingerprint density at radius 3 is 2.86 bits per heavy atom. The van der Waals surface area contributed by atoms with Crippen molar-refractivity contribution in [2.24, 2.45) is 0 Å². The Kier molecular flexibility index (Phi) is 4.95. The van der Waals surface area contributed by atoms with E-state index in [1.807, 2.05) is 19.9 Å². The van der Waals surface area contributed by atoms with Crippen LogP contribution in [0.4, 0.5) is 5.69 Å². The second-order valence-corrected chi connectivity index (χ2v) is 7.44. The van der Waals surface area contributed by atoms with Crippen LogP contribution in [0.15, 0.2) is 18.2 Å². The van der Waals surface area contributed by atoms with Gasteiger partial charge < -0.3 is 9.47 Å². The highest BCUT2D eigenvalue weighted by atomic mass is 32.2. The van der Waals surface area contributed by atoms with Gasteiger partial charge in [0.2, 0.25) is 10.0 Å². The minimum Gasteiger partial charge on any atom is -0.487 e. The quantitative estimate of drug-likeness (QED) is 0.772. The van der Waals surface area contributed by atoms with Crippen LogP contribution in [-0.2, 0) is 19.6 Å². The molecule has 0 amide bonds. The first-order valence-corrected chi connectivity index (χ1v) is 8.79. The monoisotopic (exact) mass is 327 g/mol. The first-order valence-electron chi connectivity index (χ1n) is 7.18. The van der Waals surface area contributed by atoms with Crippen LogP contribution in [-0.4, -0.2) is 39.9 Å². The maximum atomic E-state index is 12.6. The van der Waals surface area contributed by atoms with E-state index in [9.17, 15) is 13.2 Å². The highest BCUT2D eigenvalue weighted by molar-refractivity contribution is 7.92. The fourth-order valence-electron chi connectivity index (χ4n) is 2.38. The van der Waals surface area contributed by atoms with Crippen molar-refractivity contribution in [3.05, 3.63) is 23.8 Å². The standard InChI is InChI=1S/C15H21NO5S/c1-11-6-7-14-13(9-11)16(10-12(2)21-14)22(18,19)8-4-5-15(17)20-3/h6-7,9,12H,4-5,8,10H2,1-3H3/t12-/m1/s1. The maximum absolute atomic E-state index is 12.6.